The molecule has 0 aliphatic carbocycles. The van der Waals surface area contributed by atoms with Crippen LogP contribution in [-0.2, 0) is 0 Å². The lowest BCUT2D eigenvalue weighted by Gasteiger charge is -2.01. The summed E-state index contributed by atoms with van der Waals surface area (Å²) in [6.45, 7) is 1.67. The van der Waals surface area contributed by atoms with E-state index in [-0.39, 0.29) is 13.9 Å². The second-order valence-corrected chi connectivity index (χ2v) is 2.37. The van der Waals surface area contributed by atoms with Crippen LogP contribution in [0.3, 0.4) is 0 Å². The number of hydrogen-bond acceptors (Lipinski definition) is 1. The summed E-state index contributed by atoms with van der Waals surface area (Å²) < 4.78 is 0.877. The van der Waals surface area contributed by atoms with Crippen LogP contribution in [0.4, 0.5) is 0 Å². The fourth-order valence-corrected chi connectivity index (χ4v) is 0. The Hall–Kier alpha value is 0.895. The predicted octanol–water partition coefficient (Wildman–Crippen LogP) is 1.80. The van der Waals surface area contributed by atoms with Crippen LogP contribution in [0, 0.1) is 0 Å². The van der Waals surface area contributed by atoms with Crippen molar-refractivity contribution in [3.05, 3.63) is 0 Å². The average Bonchev–Trinajstić information content (AvgIpc) is 1.36. The van der Waals surface area contributed by atoms with Gasteiger partial charge in [0, 0.05) is 8.41 Å². The highest BCUT2D eigenvalue weighted by Gasteiger charge is 1.99. The van der Waals surface area contributed by atoms with Gasteiger partial charge in [-0.1, -0.05) is 0 Å². The van der Waals surface area contributed by atoms with E-state index in [0.717, 1.165) is 3.94 Å². The number of alkyl halides is 1. The minimum Gasteiger partial charge on any atom is -0.114 e. The van der Waals surface area contributed by atoms with Crippen molar-refractivity contribution in [2.75, 3.05) is 0 Å². The summed E-state index contributed by atoms with van der Waals surface area (Å²) in [6.07, 6.45) is 0. The van der Waals surface area contributed by atoms with Gasteiger partial charge in [-0.15, -0.1) is 15.5 Å². The van der Waals surface area contributed by atoms with Crippen LogP contribution in [0.2, 0.25) is 0 Å². The standard InChI is InChI=1S/C2H4Cl3N.B/c1-2(3)6(4)5;/h2H,1H3;. The second kappa shape index (κ2) is 5.04. The Balaban J connectivity index is 0. The van der Waals surface area contributed by atoms with E-state index >= 15 is 0 Å². The van der Waals surface area contributed by atoms with Crippen LogP contribution in [0.25, 0.3) is 0 Å². The molecule has 7 heavy (non-hydrogen) atoms. The van der Waals surface area contributed by atoms with Crippen LogP contribution in [0.15, 0.2) is 0 Å². The molecule has 3 radical (unpaired) electrons. The first-order valence-electron chi connectivity index (χ1n) is 1.39. The maximum Gasteiger partial charge on any atom is 0.112 e. The zero-order valence-corrected chi connectivity index (χ0v) is 6.00. The lowest BCUT2D eigenvalue weighted by Crippen LogP contribution is -2.04. The Labute approximate surface area is 60.3 Å². The smallest absolute Gasteiger partial charge is 0.112 e. The molecule has 0 aromatic carbocycles. The number of halogens is 3. The lowest BCUT2D eigenvalue weighted by molar-refractivity contribution is 0.685. The third-order valence-electron chi connectivity index (χ3n) is 0.269. The fraction of sp³-hybridized carbons (Fsp3) is 1.00. The first-order chi connectivity index (χ1) is 2.64. The summed E-state index contributed by atoms with van der Waals surface area (Å²) in [5.41, 5.74) is -0.312. The molecule has 1 atom stereocenters. The molecule has 1 unspecified atom stereocenters. The zero-order valence-electron chi connectivity index (χ0n) is 3.74. The molecule has 41 valence electrons. The third-order valence-corrected chi connectivity index (χ3v) is 1.25. The molecule has 0 N–H and O–H groups in total. The van der Waals surface area contributed by atoms with Gasteiger partial charge in [0.2, 0.25) is 0 Å². The maximum absolute atomic E-state index is 5.27. The lowest BCUT2D eigenvalue weighted by atomic mass is 10.8. The molecular formula is C2H4BCl3N. The molecule has 0 aromatic heterocycles. The van der Waals surface area contributed by atoms with Crippen molar-refractivity contribution in [2.45, 2.75) is 12.4 Å². The molecule has 0 rings (SSSR count). The Bertz CT molecular complexity index is 33.9. The van der Waals surface area contributed by atoms with Crippen molar-refractivity contribution in [1.82, 2.24) is 3.94 Å². The van der Waals surface area contributed by atoms with Crippen LogP contribution in [0.1, 0.15) is 6.92 Å². The number of nitrogens with zero attached hydrogens (tertiary/aromatic N) is 1. The zero-order chi connectivity index (χ0) is 5.15. The van der Waals surface area contributed by atoms with Crippen molar-refractivity contribution in [1.29, 1.82) is 0 Å². The predicted molar refractivity (Wildman–Crippen MR) is 34.6 cm³/mol. The molecule has 0 spiro atoms. The van der Waals surface area contributed by atoms with Gasteiger partial charge in [0.1, 0.15) is 5.50 Å². The van der Waals surface area contributed by atoms with E-state index in [0.29, 0.717) is 0 Å². The Kier molecular flexibility index (Phi) is 7.78. The molecule has 0 amide bonds. The Morgan fingerprint density at radius 2 is 1.57 bits per heavy atom. The van der Waals surface area contributed by atoms with Crippen LogP contribution in [-0.4, -0.2) is 17.9 Å². The summed E-state index contributed by atoms with van der Waals surface area (Å²) in [7, 11) is 0. The number of hydrogen-bond donors (Lipinski definition) is 0. The highest BCUT2D eigenvalue weighted by molar-refractivity contribution is 6.38. The van der Waals surface area contributed by atoms with Crippen LogP contribution < -0.4 is 0 Å². The topological polar surface area (TPSA) is 3.24 Å². The van der Waals surface area contributed by atoms with Gasteiger partial charge in [-0.2, -0.15) is 0 Å². The Morgan fingerprint density at radius 3 is 1.57 bits per heavy atom. The summed E-state index contributed by atoms with van der Waals surface area (Å²) in [5, 5.41) is 0. The van der Waals surface area contributed by atoms with Crippen molar-refractivity contribution < 1.29 is 0 Å². The van der Waals surface area contributed by atoms with Crippen molar-refractivity contribution in [3.8, 4) is 0 Å². The van der Waals surface area contributed by atoms with Gasteiger partial charge in [-0.05, 0) is 30.5 Å². The summed E-state index contributed by atoms with van der Waals surface area (Å²) in [4.78, 5) is 0. The first-order valence-corrected chi connectivity index (χ1v) is 2.50. The molecule has 0 saturated heterocycles. The quantitative estimate of drug-likeness (QED) is 0.244. The van der Waals surface area contributed by atoms with E-state index in [2.05, 4.69) is 0 Å². The normalized spacial score (nSPS) is 13.3. The molecule has 0 fully saturated rings. The van der Waals surface area contributed by atoms with E-state index in [1.807, 2.05) is 0 Å². The molecule has 0 bridgehead atoms. The molecule has 0 aliphatic rings. The van der Waals surface area contributed by atoms with Crippen molar-refractivity contribution in [2.24, 2.45) is 0 Å². The van der Waals surface area contributed by atoms with Gasteiger partial charge < -0.3 is 0 Å². The van der Waals surface area contributed by atoms with Gasteiger partial charge in [0.05, 0.1) is 0 Å². The van der Waals surface area contributed by atoms with E-state index in [4.69, 9.17) is 35.2 Å². The van der Waals surface area contributed by atoms with Gasteiger partial charge in [-0.3, -0.25) is 0 Å². The van der Waals surface area contributed by atoms with Crippen molar-refractivity contribution in [3.63, 3.8) is 0 Å². The van der Waals surface area contributed by atoms with E-state index in [9.17, 15) is 0 Å². The van der Waals surface area contributed by atoms with Crippen LogP contribution in [0.5, 0.6) is 0 Å². The molecular weight excluding hydrogens is 155 g/mol. The number of rotatable bonds is 1. The van der Waals surface area contributed by atoms with Gasteiger partial charge in [0.25, 0.3) is 0 Å². The minimum atomic E-state index is -0.312. The fourth-order valence-electron chi connectivity index (χ4n) is 0. The molecule has 1 nitrogen and oxygen atoms in total. The van der Waals surface area contributed by atoms with E-state index in [1.54, 1.807) is 6.92 Å². The average molecular weight is 159 g/mol. The molecule has 0 aliphatic heterocycles. The SMILES string of the molecule is CC(Cl)N(Cl)Cl.[B]. The summed E-state index contributed by atoms with van der Waals surface area (Å²) in [5.74, 6) is 0. The van der Waals surface area contributed by atoms with Crippen LogP contribution >= 0.6 is 35.2 Å². The molecule has 5 heteroatoms. The van der Waals surface area contributed by atoms with Crippen molar-refractivity contribution >= 4 is 43.6 Å². The molecule has 0 aromatic rings. The maximum atomic E-state index is 5.27. The first kappa shape index (κ1) is 10.8. The van der Waals surface area contributed by atoms with Gasteiger partial charge in [0.15, 0.2) is 0 Å². The van der Waals surface area contributed by atoms with Gasteiger partial charge in [-0.25, -0.2) is 0 Å². The second-order valence-electron chi connectivity index (χ2n) is 0.833. The van der Waals surface area contributed by atoms with Gasteiger partial charge >= 0.3 is 0 Å². The highest BCUT2D eigenvalue weighted by atomic mass is 35.5. The summed E-state index contributed by atoms with van der Waals surface area (Å²) in [6, 6.07) is 0. The molecule has 0 heterocycles. The monoisotopic (exact) mass is 158 g/mol. The highest BCUT2D eigenvalue weighted by Crippen LogP contribution is 2.08. The third kappa shape index (κ3) is 6.89. The molecule has 0 saturated carbocycles. The summed E-state index contributed by atoms with van der Waals surface area (Å²) >= 11 is 15.4. The van der Waals surface area contributed by atoms with E-state index in [1.165, 1.54) is 0 Å². The Morgan fingerprint density at radius 1 is 1.43 bits per heavy atom. The largest absolute Gasteiger partial charge is 0.114 e. The van der Waals surface area contributed by atoms with E-state index < -0.39 is 0 Å². The minimum absolute atomic E-state index is 0.